The summed E-state index contributed by atoms with van der Waals surface area (Å²) < 4.78 is 40.6. The van der Waals surface area contributed by atoms with Gasteiger partial charge in [-0.05, 0) is 68.4 Å². The first-order valence-electron chi connectivity index (χ1n) is 15.1. The number of amides is 2. The van der Waals surface area contributed by atoms with E-state index in [2.05, 4.69) is 15.3 Å². The van der Waals surface area contributed by atoms with Gasteiger partial charge >= 0.3 is 6.09 Å². The number of alkyl carbamates (subject to hydrolysis) is 1. The van der Waals surface area contributed by atoms with E-state index in [0.29, 0.717) is 30.7 Å². The lowest BCUT2D eigenvalue weighted by Gasteiger charge is -2.28. The van der Waals surface area contributed by atoms with Gasteiger partial charge in [0.1, 0.15) is 18.4 Å². The zero-order valence-electron chi connectivity index (χ0n) is 24.7. The Morgan fingerprint density at radius 2 is 1.98 bits per heavy atom. The molecule has 12 heteroatoms. The van der Waals surface area contributed by atoms with E-state index in [1.807, 2.05) is 13.8 Å². The first-order valence-corrected chi connectivity index (χ1v) is 15.1. The van der Waals surface area contributed by atoms with Crippen LogP contribution in [-0.4, -0.2) is 65.0 Å². The van der Waals surface area contributed by atoms with Crippen molar-refractivity contribution in [3.8, 4) is 5.75 Å². The van der Waals surface area contributed by atoms with E-state index in [4.69, 9.17) is 9.47 Å². The van der Waals surface area contributed by atoms with E-state index in [-0.39, 0.29) is 58.9 Å². The summed E-state index contributed by atoms with van der Waals surface area (Å²) in [5.41, 5.74) is -1.39. The number of hydrogen-bond acceptors (Lipinski definition) is 7. The summed E-state index contributed by atoms with van der Waals surface area (Å²) in [6, 6.07) is 4.24. The zero-order chi connectivity index (χ0) is 30.7. The number of ether oxygens (including phenoxy) is 2. The highest BCUT2D eigenvalue weighted by Gasteiger charge is 2.72. The van der Waals surface area contributed by atoms with Crippen LogP contribution in [0.2, 0.25) is 0 Å². The summed E-state index contributed by atoms with van der Waals surface area (Å²) in [6.45, 7) is 3.98. The Morgan fingerprint density at radius 3 is 2.67 bits per heavy atom. The normalized spacial score (nSPS) is 26.7. The van der Waals surface area contributed by atoms with Crippen LogP contribution in [0.3, 0.4) is 0 Å². The molecule has 43 heavy (non-hydrogen) atoms. The molecule has 232 valence electrons. The Morgan fingerprint density at radius 1 is 1.21 bits per heavy atom. The molecule has 1 aliphatic heterocycles. The smallest absolute Gasteiger partial charge is 0.407 e. The van der Waals surface area contributed by atoms with Crippen molar-refractivity contribution < 1.29 is 32.6 Å². The number of benzene rings is 1. The van der Waals surface area contributed by atoms with E-state index < -0.39 is 35.7 Å². The molecule has 6 rings (SSSR count). The number of ketones is 1. The highest BCUT2D eigenvalue weighted by atomic mass is 19.3. The molecule has 4 fully saturated rings. The molecule has 1 aromatic carbocycles. The molecule has 2 aromatic rings. The number of nitrogens with zero attached hydrogens (tertiary/aromatic N) is 2. The van der Waals surface area contributed by atoms with Crippen molar-refractivity contribution in [2.45, 2.75) is 83.3 Å². The number of carbonyl (C=O) groups excluding carboxylic acids is 3. The molecule has 1 aromatic heterocycles. The minimum Gasteiger partial charge on any atom is -0.497 e. The molecule has 3 aliphatic carbocycles. The predicted molar refractivity (Wildman–Crippen MR) is 152 cm³/mol. The maximum atomic E-state index is 15.0. The molecule has 1 saturated heterocycles. The highest BCUT2D eigenvalue weighted by Crippen LogP contribution is 2.73. The third-order valence-electron chi connectivity index (χ3n) is 10.0. The largest absolute Gasteiger partial charge is 0.497 e. The molecule has 2 N–H and O–H groups in total. The van der Waals surface area contributed by atoms with Gasteiger partial charge in [0.2, 0.25) is 5.91 Å². The first-order chi connectivity index (χ1) is 20.4. The van der Waals surface area contributed by atoms with Gasteiger partial charge in [-0.3, -0.25) is 14.4 Å². The fourth-order valence-electron chi connectivity index (χ4n) is 7.09. The van der Waals surface area contributed by atoms with Crippen LogP contribution in [0.4, 0.5) is 13.6 Å². The number of likely N-dealkylation sites (tertiary alicyclic amines) is 1. The van der Waals surface area contributed by atoms with Gasteiger partial charge in [0.05, 0.1) is 24.2 Å². The Balaban J connectivity index is 0.948. The molecule has 3 saturated carbocycles. The number of rotatable bonds is 11. The van der Waals surface area contributed by atoms with E-state index >= 15 is 0 Å². The molecule has 0 radical (unpaired) electrons. The molecule has 2 heterocycles. The lowest BCUT2D eigenvalue weighted by molar-refractivity contribution is -0.139. The van der Waals surface area contributed by atoms with Gasteiger partial charge < -0.3 is 24.7 Å². The van der Waals surface area contributed by atoms with Crippen LogP contribution < -0.4 is 15.6 Å². The third-order valence-corrected chi connectivity index (χ3v) is 10.0. The number of hydrogen-bond donors (Lipinski definition) is 2. The van der Waals surface area contributed by atoms with Crippen LogP contribution in [0.5, 0.6) is 5.75 Å². The molecular weight excluding hydrogens is 562 g/mol. The van der Waals surface area contributed by atoms with Gasteiger partial charge in [-0.1, -0.05) is 13.8 Å². The molecule has 4 atom stereocenters. The number of carbonyl (C=O) groups is 3. The highest BCUT2D eigenvalue weighted by molar-refractivity contribution is 5.93. The fraction of sp³-hybridized carbons (Fsp3) is 0.645. The summed E-state index contributed by atoms with van der Waals surface area (Å²) >= 11 is 0. The van der Waals surface area contributed by atoms with Crippen molar-refractivity contribution in [3.05, 3.63) is 34.2 Å². The fourth-order valence-corrected chi connectivity index (χ4v) is 7.09. The molecule has 4 aliphatic rings. The van der Waals surface area contributed by atoms with Crippen molar-refractivity contribution in [2.75, 3.05) is 20.2 Å². The number of nitrogens with one attached hydrogen (secondary N) is 2. The summed E-state index contributed by atoms with van der Waals surface area (Å²) in [4.78, 5) is 58.6. The number of aromatic amines is 1. The topological polar surface area (TPSA) is 131 Å². The Labute approximate surface area is 247 Å². The quantitative estimate of drug-likeness (QED) is 0.393. The van der Waals surface area contributed by atoms with Crippen molar-refractivity contribution >= 4 is 28.8 Å². The minimum atomic E-state index is -3.39. The van der Waals surface area contributed by atoms with Crippen LogP contribution in [0.1, 0.15) is 70.9 Å². The lowest BCUT2D eigenvalue weighted by atomic mass is 9.88. The Kier molecular flexibility index (Phi) is 7.24. The van der Waals surface area contributed by atoms with Crippen molar-refractivity contribution in [1.82, 2.24) is 20.2 Å². The van der Waals surface area contributed by atoms with Crippen LogP contribution in [-0.2, 0) is 20.2 Å². The Bertz CT molecular complexity index is 1520. The molecule has 3 unspecified atom stereocenters. The average molecular weight is 601 g/mol. The second-order valence-corrected chi connectivity index (χ2v) is 13.1. The van der Waals surface area contributed by atoms with E-state index in [1.54, 1.807) is 11.0 Å². The molecular formula is C31H38F2N4O6. The van der Waals surface area contributed by atoms with Crippen LogP contribution in [0, 0.1) is 22.7 Å². The van der Waals surface area contributed by atoms with E-state index in [0.717, 1.165) is 25.7 Å². The summed E-state index contributed by atoms with van der Waals surface area (Å²) in [5.74, 6) is -3.11. The standard InChI is InChI=1S/C31H38F2N4O6/c1-17(2)24(39)26-29(9-10-29)11-12-37(26)23(38)16-34-28(41)43-22-15-30(22)14-18(30)5-4-8-31(32,33)25-27(40)36-21-13-19(42-3)6-7-20(21)35-25/h6-7,13,17-18,22,26H,4-5,8-12,14-16H2,1-3H3,(H,34,41)(H,36,40)/t18?,22?,26-,30?/m1/s1. The van der Waals surface area contributed by atoms with Gasteiger partial charge in [0, 0.05) is 30.4 Å². The monoisotopic (exact) mass is 600 g/mol. The zero-order valence-corrected chi connectivity index (χ0v) is 24.7. The van der Waals surface area contributed by atoms with Crippen LogP contribution >= 0.6 is 0 Å². The van der Waals surface area contributed by atoms with Gasteiger partial charge in [-0.15, -0.1) is 0 Å². The summed E-state index contributed by atoms with van der Waals surface area (Å²) in [6.07, 6.45) is 3.41. The van der Waals surface area contributed by atoms with Gasteiger partial charge in [-0.25, -0.2) is 9.78 Å². The van der Waals surface area contributed by atoms with Crippen molar-refractivity contribution in [1.29, 1.82) is 0 Å². The van der Waals surface area contributed by atoms with E-state index in [1.165, 1.54) is 19.2 Å². The molecule has 2 amide bonds. The van der Waals surface area contributed by atoms with Crippen molar-refractivity contribution in [2.24, 2.45) is 22.7 Å². The molecule has 0 bridgehead atoms. The lowest BCUT2D eigenvalue weighted by Crippen LogP contribution is -2.49. The maximum Gasteiger partial charge on any atom is 0.407 e. The SMILES string of the molecule is COc1ccc2nc(C(F)(F)CCCC3CC34CC4OC(=O)NCC(=O)N3CCC4(CC4)[C@H]3C(=O)C(C)C)c(=O)[nH]c2c1. The summed E-state index contributed by atoms with van der Waals surface area (Å²) in [5, 5.41) is 2.54. The maximum absolute atomic E-state index is 15.0. The second-order valence-electron chi connectivity index (χ2n) is 13.1. The Hall–Kier alpha value is -3.57. The molecule has 10 nitrogen and oxygen atoms in total. The van der Waals surface area contributed by atoms with Gasteiger partial charge in [0.15, 0.2) is 11.5 Å². The predicted octanol–water partition coefficient (Wildman–Crippen LogP) is 4.30. The second kappa shape index (κ2) is 10.6. The number of H-pyrrole nitrogens is 1. The molecule has 2 spiro atoms. The minimum absolute atomic E-state index is 0.0739. The number of methoxy groups -OCH3 is 1. The number of halogens is 2. The summed E-state index contributed by atoms with van der Waals surface area (Å²) in [7, 11) is 1.47. The van der Waals surface area contributed by atoms with Crippen molar-refractivity contribution in [3.63, 3.8) is 0 Å². The van der Waals surface area contributed by atoms with Gasteiger partial charge in [0.25, 0.3) is 11.5 Å². The van der Waals surface area contributed by atoms with Crippen LogP contribution in [0.15, 0.2) is 23.0 Å². The van der Waals surface area contributed by atoms with E-state index in [9.17, 15) is 28.0 Å². The first kappa shape index (κ1) is 29.5. The van der Waals surface area contributed by atoms with Crippen LogP contribution in [0.25, 0.3) is 11.0 Å². The number of alkyl halides is 2. The number of Topliss-reactive ketones (excluding diaryl/α,β-unsaturated/α-hetero) is 1. The third kappa shape index (κ3) is 5.48. The average Bonchev–Trinajstić information content (AvgIpc) is 3.91. The van der Waals surface area contributed by atoms with Gasteiger partial charge in [-0.2, -0.15) is 8.78 Å². The number of fused-ring (bicyclic) bond motifs is 1. The number of aromatic nitrogens is 2.